The molecule has 2 heterocycles. The Morgan fingerprint density at radius 3 is 2.42 bits per heavy atom. The van der Waals surface area contributed by atoms with Gasteiger partial charge in [0.2, 0.25) is 0 Å². The molecule has 3 aliphatic rings. The summed E-state index contributed by atoms with van der Waals surface area (Å²) >= 11 is 0. The zero-order valence-electron chi connectivity index (χ0n) is 17.7. The molecule has 1 saturated heterocycles. The van der Waals surface area contributed by atoms with E-state index in [9.17, 15) is 0 Å². The van der Waals surface area contributed by atoms with Crippen LogP contribution in [0.4, 0.5) is 0 Å². The van der Waals surface area contributed by atoms with Crippen molar-refractivity contribution < 1.29 is 14.2 Å². The van der Waals surface area contributed by atoms with E-state index in [1.807, 2.05) is 5.01 Å². The monoisotopic (exact) mass is 440 g/mol. The van der Waals surface area contributed by atoms with E-state index in [4.69, 9.17) is 14.2 Å². The highest BCUT2D eigenvalue weighted by Gasteiger charge is 2.45. The Balaban J connectivity index is 0.00000231. The second-order valence-corrected chi connectivity index (χ2v) is 8.29. The largest absolute Gasteiger partial charge is 0.353 e. The molecular formula is C25H29ClN2O3. The third kappa shape index (κ3) is 4.23. The Kier molecular flexibility index (Phi) is 6.68. The van der Waals surface area contributed by atoms with E-state index in [0.717, 1.165) is 6.42 Å². The highest BCUT2D eigenvalue weighted by molar-refractivity contribution is 5.85. The Labute approximate surface area is 190 Å². The van der Waals surface area contributed by atoms with Crippen LogP contribution in [0.2, 0.25) is 0 Å². The van der Waals surface area contributed by atoms with Crippen molar-refractivity contribution in [1.82, 2.24) is 10.4 Å². The molecule has 1 N–H and O–H groups in total. The van der Waals surface area contributed by atoms with Crippen LogP contribution in [0.1, 0.15) is 30.4 Å². The van der Waals surface area contributed by atoms with E-state index in [0.29, 0.717) is 32.7 Å². The summed E-state index contributed by atoms with van der Waals surface area (Å²) in [6.07, 6.45) is 5.47. The molecule has 0 aromatic heterocycles. The number of fused-ring (bicyclic) bond motifs is 1. The number of hydrazine groups is 1. The number of rotatable bonds is 5. The fourth-order valence-corrected chi connectivity index (χ4v) is 4.81. The van der Waals surface area contributed by atoms with Gasteiger partial charge in [0.25, 0.3) is 0 Å². The first-order chi connectivity index (χ1) is 14.7. The van der Waals surface area contributed by atoms with Crippen LogP contribution < -0.4 is 5.43 Å². The lowest BCUT2D eigenvalue weighted by molar-refractivity contribution is -0.177. The van der Waals surface area contributed by atoms with Gasteiger partial charge >= 0.3 is 0 Å². The molecule has 1 aliphatic carbocycles. The molecule has 0 bridgehead atoms. The number of ether oxygens (including phenoxy) is 3. The molecule has 1 fully saturated rings. The average molecular weight is 441 g/mol. The first-order valence-electron chi connectivity index (χ1n) is 10.6. The highest BCUT2D eigenvalue weighted by atomic mass is 35.5. The number of benzene rings is 2. The normalized spacial score (nSPS) is 25.7. The molecule has 6 heteroatoms. The van der Waals surface area contributed by atoms with Crippen molar-refractivity contribution in [3.8, 4) is 0 Å². The molecule has 31 heavy (non-hydrogen) atoms. The van der Waals surface area contributed by atoms with Gasteiger partial charge in [0.1, 0.15) is 19.6 Å². The second-order valence-electron chi connectivity index (χ2n) is 8.29. The fourth-order valence-electron chi connectivity index (χ4n) is 4.81. The molecule has 0 spiro atoms. The highest BCUT2D eigenvalue weighted by Crippen LogP contribution is 2.52. The zero-order chi connectivity index (χ0) is 20.4. The third-order valence-electron chi connectivity index (χ3n) is 6.45. The zero-order valence-corrected chi connectivity index (χ0v) is 18.5. The van der Waals surface area contributed by atoms with E-state index in [1.54, 1.807) is 0 Å². The first-order valence-corrected chi connectivity index (χ1v) is 10.6. The van der Waals surface area contributed by atoms with Crippen LogP contribution in [0.3, 0.4) is 0 Å². The van der Waals surface area contributed by atoms with E-state index in [-0.39, 0.29) is 23.9 Å². The molecule has 5 rings (SSSR count). The summed E-state index contributed by atoms with van der Waals surface area (Å²) in [5.74, 6) is 0.360. The lowest BCUT2D eigenvalue weighted by Gasteiger charge is -2.42. The summed E-state index contributed by atoms with van der Waals surface area (Å²) in [4.78, 5) is 0. The molecular weight excluding hydrogens is 412 g/mol. The number of halogens is 1. The summed E-state index contributed by atoms with van der Waals surface area (Å²) in [5, 5.41) is 2.03. The summed E-state index contributed by atoms with van der Waals surface area (Å²) < 4.78 is 16.7. The Hall–Kier alpha value is -2.31. The van der Waals surface area contributed by atoms with Gasteiger partial charge in [-0.05, 0) is 17.5 Å². The van der Waals surface area contributed by atoms with Gasteiger partial charge in [-0.1, -0.05) is 73.7 Å². The summed E-state index contributed by atoms with van der Waals surface area (Å²) in [7, 11) is 0. The maximum Gasteiger partial charge on any atom is 0.146 e. The smallest absolute Gasteiger partial charge is 0.146 e. The van der Waals surface area contributed by atoms with E-state index < -0.39 is 0 Å². The van der Waals surface area contributed by atoms with Crippen molar-refractivity contribution in [3.63, 3.8) is 0 Å². The average Bonchev–Trinajstić information content (AvgIpc) is 3.24. The predicted octanol–water partition coefficient (Wildman–Crippen LogP) is 4.49. The molecule has 164 valence electrons. The van der Waals surface area contributed by atoms with Crippen molar-refractivity contribution in [2.75, 3.05) is 26.7 Å². The van der Waals surface area contributed by atoms with Gasteiger partial charge in [-0.3, -0.25) is 10.4 Å². The molecule has 0 radical (unpaired) electrons. The number of nitrogens with one attached hydrogen (secondary N) is 1. The Morgan fingerprint density at radius 2 is 1.71 bits per heavy atom. The van der Waals surface area contributed by atoms with Crippen LogP contribution in [0, 0.1) is 0 Å². The maximum atomic E-state index is 6.00. The lowest BCUT2D eigenvalue weighted by atomic mass is 9.60. The second kappa shape index (κ2) is 9.45. The minimum Gasteiger partial charge on any atom is -0.353 e. The van der Waals surface area contributed by atoms with E-state index >= 15 is 0 Å². The van der Waals surface area contributed by atoms with Gasteiger partial charge in [-0.15, -0.1) is 12.4 Å². The van der Waals surface area contributed by atoms with Gasteiger partial charge in [0, 0.05) is 23.1 Å². The van der Waals surface area contributed by atoms with Crippen LogP contribution in [0.15, 0.2) is 84.2 Å². The summed E-state index contributed by atoms with van der Waals surface area (Å²) in [6, 6.07) is 21.7. The van der Waals surface area contributed by atoms with Crippen molar-refractivity contribution in [3.05, 3.63) is 95.3 Å². The lowest BCUT2D eigenvalue weighted by Crippen LogP contribution is -2.38. The van der Waals surface area contributed by atoms with Crippen molar-refractivity contribution >= 4 is 12.4 Å². The van der Waals surface area contributed by atoms with Crippen LogP contribution in [-0.2, 0) is 19.6 Å². The van der Waals surface area contributed by atoms with Crippen molar-refractivity contribution in [1.29, 1.82) is 0 Å². The minimum absolute atomic E-state index is 0. The van der Waals surface area contributed by atoms with E-state index in [2.05, 4.69) is 85.3 Å². The topological polar surface area (TPSA) is 43.0 Å². The molecule has 5 nitrogen and oxygen atoms in total. The fraction of sp³-hybridized carbons (Fsp3) is 0.360. The molecule has 0 saturated carbocycles. The van der Waals surface area contributed by atoms with Crippen LogP contribution in [-0.4, -0.2) is 37.9 Å². The molecule has 2 aromatic rings. The van der Waals surface area contributed by atoms with Gasteiger partial charge in [0.05, 0.1) is 18.9 Å². The molecule has 0 amide bonds. The van der Waals surface area contributed by atoms with Gasteiger partial charge in [-0.2, -0.15) is 0 Å². The number of hydrogen-bond acceptors (Lipinski definition) is 5. The van der Waals surface area contributed by atoms with Crippen molar-refractivity contribution in [2.45, 2.75) is 30.8 Å². The third-order valence-corrected chi connectivity index (χ3v) is 6.45. The van der Waals surface area contributed by atoms with Crippen LogP contribution in [0.5, 0.6) is 0 Å². The standard InChI is InChI=1S/C25H28N2O3.ClH/c1-25(20-10-6-3-7-11-20)22(19-8-4-2-5-9-19)12-13-24-23(25)14-27(26-24)17-30-21-15-28-18-29-16-21;/h2-11,13-14,21-22,26H,12,15-18H2,1H3;1H/t22-,25+;/m1./s1. The van der Waals surface area contributed by atoms with Gasteiger partial charge in [-0.25, -0.2) is 0 Å². The molecule has 2 aromatic carbocycles. The Bertz CT molecular complexity index is 928. The van der Waals surface area contributed by atoms with E-state index in [1.165, 1.54) is 22.4 Å². The Morgan fingerprint density at radius 1 is 1.03 bits per heavy atom. The summed E-state index contributed by atoms with van der Waals surface area (Å²) in [5.41, 5.74) is 8.55. The van der Waals surface area contributed by atoms with Crippen LogP contribution >= 0.6 is 12.4 Å². The summed E-state index contributed by atoms with van der Waals surface area (Å²) in [6.45, 7) is 4.32. The van der Waals surface area contributed by atoms with Gasteiger partial charge in [0.15, 0.2) is 0 Å². The SMILES string of the molecule is C[C@@]1(c2ccccc2)C2=CN(COC3COCOC3)NC2=CC[C@@H]1c1ccccc1.Cl. The van der Waals surface area contributed by atoms with Crippen molar-refractivity contribution in [2.24, 2.45) is 0 Å². The van der Waals surface area contributed by atoms with Gasteiger partial charge < -0.3 is 14.2 Å². The van der Waals surface area contributed by atoms with Crippen LogP contribution in [0.25, 0.3) is 0 Å². The number of allylic oxidation sites excluding steroid dienone is 2. The maximum absolute atomic E-state index is 6.00. The molecule has 2 aliphatic heterocycles. The molecule has 2 atom stereocenters. The first kappa shape index (κ1) is 21.9. The predicted molar refractivity (Wildman–Crippen MR) is 122 cm³/mol. The molecule has 0 unspecified atom stereocenters. The quantitative estimate of drug-likeness (QED) is 0.742. The number of nitrogens with zero attached hydrogens (tertiary/aromatic N) is 1. The number of hydrogen-bond donors (Lipinski definition) is 1. The minimum atomic E-state index is -0.147.